The average molecular weight is 433 g/mol. The van der Waals surface area contributed by atoms with Crippen LogP contribution in [0.15, 0.2) is 51.6 Å². The first-order valence-electron chi connectivity index (χ1n) is 9.13. The number of pyridine rings is 2. The zero-order valence-electron chi connectivity index (χ0n) is 17.0. The molecule has 0 bridgehead atoms. The van der Waals surface area contributed by atoms with Gasteiger partial charge in [-0.2, -0.15) is 4.73 Å². The van der Waals surface area contributed by atoms with E-state index in [-0.39, 0.29) is 0 Å². The molecule has 0 radical (unpaired) electrons. The van der Waals surface area contributed by atoms with E-state index in [0.29, 0.717) is 21.7 Å². The molecule has 4 rings (SSSR count). The van der Waals surface area contributed by atoms with Crippen molar-refractivity contribution < 1.29 is 13.6 Å². The topological polar surface area (TPSA) is 66.1 Å². The maximum absolute atomic E-state index is 11.4. The second-order valence-corrected chi connectivity index (χ2v) is 19.2. The zero-order chi connectivity index (χ0) is 20.7. The third-order valence-electron chi connectivity index (χ3n) is 4.29. The van der Waals surface area contributed by atoms with Crippen LogP contribution in [0.4, 0.5) is 0 Å². The minimum absolute atomic E-state index is 0.630. The van der Waals surface area contributed by atoms with Crippen LogP contribution in [-0.2, 0) is 0 Å². The lowest BCUT2D eigenvalue weighted by molar-refractivity contribution is -0.577. The van der Waals surface area contributed by atoms with E-state index in [0.717, 1.165) is 21.0 Å². The molecule has 4 heterocycles. The van der Waals surface area contributed by atoms with Crippen LogP contribution in [-0.4, -0.2) is 21.1 Å². The Labute approximate surface area is 171 Å². The summed E-state index contributed by atoms with van der Waals surface area (Å²) in [4.78, 5) is 4.22. The van der Waals surface area contributed by atoms with Crippen molar-refractivity contribution in [3.05, 3.63) is 53.0 Å². The van der Waals surface area contributed by atoms with Gasteiger partial charge < -0.3 is 14.0 Å². The molecule has 4 aromatic rings. The lowest BCUT2D eigenvalue weighted by Gasteiger charge is -2.10. The van der Waals surface area contributed by atoms with Crippen LogP contribution in [0.25, 0.3) is 22.2 Å². The van der Waals surface area contributed by atoms with E-state index in [1.807, 2.05) is 18.2 Å². The Morgan fingerprint density at radius 1 is 0.964 bits per heavy atom. The van der Waals surface area contributed by atoms with E-state index >= 15 is 0 Å². The van der Waals surface area contributed by atoms with Crippen LogP contribution in [0.3, 0.4) is 0 Å². The summed E-state index contributed by atoms with van der Waals surface area (Å²) in [7, 11) is -2.86. The number of rotatable bonds is 2. The molecule has 0 aromatic carbocycles. The van der Waals surface area contributed by atoms with Crippen molar-refractivity contribution in [2.24, 2.45) is 0 Å². The summed E-state index contributed by atoms with van der Waals surface area (Å²) in [5, 5.41) is 14.1. The van der Waals surface area contributed by atoms with Gasteiger partial charge in [-0.15, -0.1) is 0 Å². The smallest absolute Gasteiger partial charge is 0.262 e. The van der Waals surface area contributed by atoms with Crippen molar-refractivity contribution in [1.82, 2.24) is 4.98 Å². The molecule has 0 atom stereocenters. The van der Waals surface area contributed by atoms with Crippen molar-refractivity contribution in [2.75, 3.05) is 0 Å². The average Bonchev–Trinajstić information content (AvgIpc) is 3.20. The Hall–Kier alpha value is -2.10. The third kappa shape index (κ3) is 4.32. The van der Waals surface area contributed by atoms with Gasteiger partial charge in [0.1, 0.15) is 21.7 Å². The number of furan rings is 2. The van der Waals surface area contributed by atoms with Crippen LogP contribution in [0.1, 0.15) is 0 Å². The molecule has 0 amide bonds. The fraction of sp³-hybridized carbons (Fsp3) is 0.300. The van der Waals surface area contributed by atoms with Gasteiger partial charge in [-0.1, -0.05) is 50.9 Å². The molecule has 28 heavy (non-hydrogen) atoms. The van der Waals surface area contributed by atoms with Gasteiger partial charge in [-0.3, -0.25) is 4.98 Å². The number of hydrogen-bond acceptors (Lipinski definition) is 4. The number of nitrogens with zero attached hydrogens (tertiary/aromatic N) is 2. The third-order valence-corrected chi connectivity index (χ3v) is 8.04. The molecule has 0 fully saturated rings. The molecule has 0 aliphatic carbocycles. The Morgan fingerprint density at radius 2 is 1.61 bits per heavy atom. The highest BCUT2D eigenvalue weighted by molar-refractivity contribution is 6.88. The summed E-state index contributed by atoms with van der Waals surface area (Å²) >= 11 is 6.00. The number of halogens is 1. The Morgan fingerprint density at radius 3 is 2.18 bits per heavy atom. The molecule has 8 heteroatoms. The summed E-state index contributed by atoms with van der Waals surface area (Å²) in [5.41, 5.74) is 2.88. The highest BCUT2D eigenvalue weighted by Gasteiger charge is 2.24. The largest absolute Gasteiger partial charge is 0.618 e. The molecule has 0 aliphatic heterocycles. The zero-order valence-corrected chi connectivity index (χ0v) is 19.8. The predicted molar refractivity (Wildman–Crippen MR) is 120 cm³/mol. The molecule has 148 valence electrons. The summed E-state index contributed by atoms with van der Waals surface area (Å²) in [6, 6.07) is 9.16. The monoisotopic (exact) mass is 432 g/mol. The summed E-state index contributed by atoms with van der Waals surface area (Å²) in [6.07, 6.45) is 3.19. The number of aromatic nitrogens is 2. The van der Waals surface area contributed by atoms with E-state index in [4.69, 9.17) is 20.4 Å². The Bertz CT molecular complexity index is 1030. The molecule has 0 aliphatic rings. The molecule has 5 nitrogen and oxygen atoms in total. The van der Waals surface area contributed by atoms with Gasteiger partial charge >= 0.3 is 0 Å². The van der Waals surface area contributed by atoms with E-state index in [9.17, 15) is 5.21 Å². The van der Waals surface area contributed by atoms with Gasteiger partial charge in [0.25, 0.3) is 5.52 Å². The van der Waals surface area contributed by atoms with E-state index in [2.05, 4.69) is 44.3 Å². The van der Waals surface area contributed by atoms with Gasteiger partial charge in [0.2, 0.25) is 0 Å². The molecule has 0 saturated carbocycles. The van der Waals surface area contributed by atoms with Gasteiger partial charge in [-0.25, -0.2) is 0 Å². The highest BCUT2D eigenvalue weighted by atomic mass is 35.5. The molecule has 0 unspecified atom stereocenters. The highest BCUT2D eigenvalue weighted by Crippen LogP contribution is 2.22. The summed E-state index contributed by atoms with van der Waals surface area (Å²) in [5.74, 6) is 0. The molecular weight excluding hydrogens is 408 g/mol. The van der Waals surface area contributed by atoms with Crippen molar-refractivity contribution in [3.63, 3.8) is 0 Å². The van der Waals surface area contributed by atoms with E-state index in [1.54, 1.807) is 18.3 Å². The van der Waals surface area contributed by atoms with Crippen LogP contribution < -0.4 is 15.5 Å². The van der Waals surface area contributed by atoms with Gasteiger partial charge in [-0.05, 0) is 12.1 Å². The van der Waals surface area contributed by atoms with Crippen LogP contribution in [0.2, 0.25) is 44.3 Å². The van der Waals surface area contributed by atoms with Crippen LogP contribution in [0, 0.1) is 5.21 Å². The maximum atomic E-state index is 11.4. The second kappa shape index (κ2) is 7.38. The normalized spacial score (nSPS) is 12.2. The summed E-state index contributed by atoms with van der Waals surface area (Å²) < 4.78 is 12.2. The lowest BCUT2D eigenvalue weighted by Crippen LogP contribution is -2.36. The Kier molecular flexibility index (Phi) is 5.44. The summed E-state index contributed by atoms with van der Waals surface area (Å²) in [6.45, 7) is 13.3. The van der Waals surface area contributed by atoms with Gasteiger partial charge in [0.15, 0.2) is 17.4 Å². The standard InChI is InChI=1S/C10H12ClNOSi.C10H13NO2Si/c1-14(2,3)9-6-8-10(13-9)7(11)4-5-12-8;1-14(2,3)10-7-8-9(13-10)5-4-6-11(8)12/h4-6H,1-3H3;4-7H,1-3H3. The van der Waals surface area contributed by atoms with Crippen LogP contribution >= 0.6 is 11.6 Å². The minimum atomic E-state index is -1.46. The lowest BCUT2D eigenvalue weighted by atomic mass is 10.4. The molecule has 0 N–H and O–H groups in total. The van der Waals surface area contributed by atoms with Crippen LogP contribution in [0.5, 0.6) is 0 Å². The van der Waals surface area contributed by atoms with Gasteiger partial charge in [0, 0.05) is 24.4 Å². The minimum Gasteiger partial charge on any atom is -0.618 e. The second-order valence-electron chi connectivity index (χ2n) is 8.81. The van der Waals surface area contributed by atoms with Crippen molar-refractivity contribution in [1.29, 1.82) is 0 Å². The first-order chi connectivity index (χ1) is 13.0. The number of fused-ring (bicyclic) bond motifs is 2. The first kappa shape index (κ1) is 20.6. The van der Waals surface area contributed by atoms with E-state index in [1.165, 1.54) is 6.20 Å². The fourth-order valence-corrected chi connectivity index (χ4v) is 4.78. The molecule has 0 saturated heterocycles. The predicted octanol–water partition coefficient (Wildman–Crippen LogP) is 4.64. The van der Waals surface area contributed by atoms with Gasteiger partial charge in [0.05, 0.1) is 15.8 Å². The first-order valence-corrected chi connectivity index (χ1v) is 16.5. The quantitative estimate of drug-likeness (QED) is 0.263. The molecule has 0 spiro atoms. The number of hydrogen-bond donors (Lipinski definition) is 0. The molecule has 4 aromatic heterocycles. The Balaban J connectivity index is 0.000000161. The van der Waals surface area contributed by atoms with Crippen molar-refractivity contribution in [2.45, 2.75) is 39.3 Å². The maximum Gasteiger partial charge on any atom is 0.262 e. The molecular formula is C20H25ClN2O3Si2. The SMILES string of the molecule is C[Si](C)(C)c1cc2c(ccc[n+]2[O-])o1.C[Si](C)(C)c1cc2nccc(Cl)c2o1. The van der Waals surface area contributed by atoms with E-state index < -0.39 is 16.1 Å². The van der Waals surface area contributed by atoms with Crippen molar-refractivity contribution >= 4 is 60.7 Å². The fourth-order valence-electron chi connectivity index (χ4n) is 2.62. The van der Waals surface area contributed by atoms with Crippen molar-refractivity contribution in [3.8, 4) is 0 Å².